The number of rotatable bonds is 6. The summed E-state index contributed by atoms with van der Waals surface area (Å²) in [5.74, 6) is -0.323. The number of amides is 2. The minimum absolute atomic E-state index is 0.185. The third kappa shape index (κ3) is 5.29. The van der Waals surface area contributed by atoms with Gasteiger partial charge in [-0.2, -0.15) is 13.2 Å². The fourth-order valence-electron chi connectivity index (χ4n) is 4.11. The molecule has 8 heteroatoms. The quantitative estimate of drug-likeness (QED) is 0.670. The number of fused-ring (bicyclic) bond motifs is 1. The van der Waals surface area contributed by atoms with E-state index in [-0.39, 0.29) is 31.4 Å². The third-order valence-corrected chi connectivity index (χ3v) is 5.75. The van der Waals surface area contributed by atoms with Crippen LogP contribution in [-0.2, 0) is 4.79 Å². The van der Waals surface area contributed by atoms with Crippen LogP contribution in [0.5, 0.6) is 5.75 Å². The Kier molecular flexibility index (Phi) is 7.08. The van der Waals surface area contributed by atoms with Gasteiger partial charge in [-0.25, -0.2) is 0 Å². The number of carbonyl (C=O) groups excluding carboxylic acids is 2. The lowest BCUT2D eigenvalue weighted by Crippen LogP contribution is -2.47. The summed E-state index contributed by atoms with van der Waals surface area (Å²) in [6.07, 6.45) is -4.14. The maximum absolute atomic E-state index is 13.3. The summed E-state index contributed by atoms with van der Waals surface area (Å²) in [5.41, 5.74) is 0.522. The number of methoxy groups -OCH3 is 1. The first-order valence-corrected chi connectivity index (χ1v) is 10.5. The smallest absolute Gasteiger partial charge is 0.390 e. The van der Waals surface area contributed by atoms with Crippen LogP contribution in [-0.4, -0.2) is 61.1 Å². The lowest BCUT2D eigenvalue weighted by molar-refractivity contribution is -0.148. The Morgan fingerprint density at radius 2 is 1.87 bits per heavy atom. The molecule has 0 bridgehead atoms. The molecule has 0 saturated carbocycles. The summed E-state index contributed by atoms with van der Waals surface area (Å²) in [4.78, 5) is 29.0. The van der Waals surface area contributed by atoms with Crippen molar-refractivity contribution < 1.29 is 27.5 Å². The molecular formula is C23H27F3N2O3. The fourth-order valence-corrected chi connectivity index (χ4v) is 4.11. The highest BCUT2D eigenvalue weighted by molar-refractivity contribution is 6.08. The molecule has 5 nitrogen and oxygen atoms in total. The fraction of sp³-hybridized carbons (Fsp3) is 0.478. The summed E-state index contributed by atoms with van der Waals surface area (Å²) in [7, 11) is 1.57. The van der Waals surface area contributed by atoms with E-state index in [1.165, 1.54) is 4.90 Å². The highest BCUT2D eigenvalue weighted by Gasteiger charge is 2.34. The maximum Gasteiger partial charge on any atom is 0.390 e. The zero-order valence-corrected chi connectivity index (χ0v) is 17.7. The van der Waals surface area contributed by atoms with Crippen molar-refractivity contribution in [3.05, 3.63) is 42.0 Å². The minimum Gasteiger partial charge on any atom is -0.496 e. The van der Waals surface area contributed by atoms with E-state index in [0.29, 0.717) is 30.7 Å². The molecule has 168 valence electrons. The molecule has 1 saturated heterocycles. The molecule has 1 fully saturated rings. The third-order valence-electron chi connectivity index (χ3n) is 5.75. The molecule has 1 aliphatic rings. The molecule has 0 aromatic heterocycles. The molecule has 2 amide bonds. The van der Waals surface area contributed by atoms with Gasteiger partial charge in [-0.15, -0.1) is 0 Å². The van der Waals surface area contributed by atoms with E-state index < -0.39 is 18.5 Å². The normalized spacial score (nSPS) is 16.9. The molecule has 2 aromatic rings. The van der Waals surface area contributed by atoms with Crippen LogP contribution in [0, 0.1) is 5.92 Å². The van der Waals surface area contributed by atoms with Gasteiger partial charge in [0.2, 0.25) is 5.91 Å². The van der Waals surface area contributed by atoms with Crippen molar-refractivity contribution in [2.24, 2.45) is 5.92 Å². The van der Waals surface area contributed by atoms with Crippen LogP contribution in [0.25, 0.3) is 10.8 Å². The summed E-state index contributed by atoms with van der Waals surface area (Å²) in [6.45, 7) is 2.25. The maximum atomic E-state index is 13.3. The SMILES string of the molecule is CCN(CCC(F)(F)F)C(=O)C1CCCN(C(=O)c2ccc(OC)c3ccccc23)C1. The summed E-state index contributed by atoms with van der Waals surface area (Å²) >= 11 is 0. The number of ether oxygens (including phenoxy) is 1. The van der Waals surface area contributed by atoms with Crippen LogP contribution in [0.3, 0.4) is 0 Å². The van der Waals surface area contributed by atoms with Crippen LogP contribution >= 0.6 is 0 Å². The number of hydrogen-bond acceptors (Lipinski definition) is 3. The molecule has 0 radical (unpaired) electrons. The van der Waals surface area contributed by atoms with Gasteiger partial charge in [0.05, 0.1) is 19.4 Å². The average molecular weight is 436 g/mol. The molecule has 1 atom stereocenters. The Morgan fingerprint density at radius 1 is 1.16 bits per heavy atom. The first-order chi connectivity index (χ1) is 14.7. The predicted octanol–water partition coefficient (Wildman–Crippen LogP) is 4.50. The standard InChI is InChI=1S/C23H27F3N2O3/c1-3-27(14-12-23(24,25)26)21(29)16-7-6-13-28(15-16)22(30)19-10-11-20(31-2)18-9-5-4-8-17(18)19/h4-5,8-11,16H,3,6-7,12-15H2,1-2H3. The van der Waals surface area contributed by atoms with E-state index in [2.05, 4.69) is 0 Å². The van der Waals surface area contributed by atoms with Crippen molar-refractivity contribution >= 4 is 22.6 Å². The monoisotopic (exact) mass is 436 g/mol. The molecule has 31 heavy (non-hydrogen) atoms. The van der Waals surface area contributed by atoms with E-state index >= 15 is 0 Å². The largest absolute Gasteiger partial charge is 0.496 e. The number of piperidine rings is 1. The number of alkyl halides is 3. The number of benzene rings is 2. The van der Waals surface area contributed by atoms with Crippen LogP contribution in [0.1, 0.15) is 36.5 Å². The molecule has 3 rings (SSSR count). The van der Waals surface area contributed by atoms with Crippen LogP contribution in [0.2, 0.25) is 0 Å². The van der Waals surface area contributed by atoms with E-state index in [1.54, 1.807) is 31.1 Å². The zero-order chi connectivity index (χ0) is 22.6. The van der Waals surface area contributed by atoms with Gasteiger partial charge < -0.3 is 14.5 Å². The Labute approximate surface area is 179 Å². The van der Waals surface area contributed by atoms with Gasteiger partial charge in [-0.05, 0) is 37.3 Å². The molecule has 1 aliphatic heterocycles. The number of hydrogen-bond donors (Lipinski definition) is 0. The van der Waals surface area contributed by atoms with Crippen LogP contribution in [0.4, 0.5) is 13.2 Å². The first-order valence-electron chi connectivity index (χ1n) is 10.5. The molecule has 0 aliphatic carbocycles. The molecule has 0 spiro atoms. The van der Waals surface area contributed by atoms with Gasteiger partial charge in [-0.3, -0.25) is 9.59 Å². The number of carbonyl (C=O) groups is 2. The van der Waals surface area contributed by atoms with Crippen LogP contribution in [0.15, 0.2) is 36.4 Å². The second kappa shape index (κ2) is 9.58. The summed E-state index contributed by atoms with van der Waals surface area (Å²) < 4.78 is 43.2. The zero-order valence-electron chi connectivity index (χ0n) is 17.7. The van der Waals surface area contributed by atoms with E-state index in [0.717, 1.165) is 10.8 Å². The van der Waals surface area contributed by atoms with Gasteiger partial charge in [0.1, 0.15) is 5.75 Å². The van der Waals surface area contributed by atoms with E-state index in [1.807, 2.05) is 24.3 Å². The Balaban J connectivity index is 1.77. The van der Waals surface area contributed by atoms with E-state index in [9.17, 15) is 22.8 Å². The average Bonchev–Trinajstić information content (AvgIpc) is 2.77. The Hall–Kier alpha value is -2.77. The molecule has 2 aromatic carbocycles. The van der Waals surface area contributed by atoms with E-state index in [4.69, 9.17) is 4.74 Å². The molecule has 1 unspecified atom stereocenters. The van der Waals surface area contributed by atoms with Gasteiger partial charge in [0.15, 0.2) is 0 Å². The lowest BCUT2D eigenvalue weighted by Gasteiger charge is -2.35. The number of nitrogens with zero attached hydrogens (tertiary/aromatic N) is 2. The second-order valence-corrected chi connectivity index (χ2v) is 7.73. The van der Waals surface area contributed by atoms with Gasteiger partial charge >= 0.3 is 6.18 Å². The van der Waals surface area contributed by atoms with Crippen molar-refractivity contribution in [3.8, 4) is 5.75 Å². The van der Waals surface area contributed by atoms with Gasteiger partial charge in [-0.1, -0.05) is 24.3 Å². The van der Waals surface area contributed by atoms with Gasteiger partial charge in [0, 0.05) is 37.1 Å². The minimum atomic E-state index is -4.31. The Morgan fingerprint density at radius 3 is 2.52 bits per heavy atom. The summed E-state index contributed by atoms with van der Waals surface area (Å²) in [5, 5.41) is 1.59. The molecule has 1 heterocycles. The van der Waals surface area contributed by atoms with Crippen molar-refractivity contribution in [3.63, 3.8) is 0 Å². The molecule has 0 N–H and O–H groups in total. The Bertz CT molecular complexity index is 945. The van der Waals surface area contributed by atoms with Gasteiger partial charge in [0.25, 0.3) is 5.91 Å². The lowest BCUT2D eigenvalue weighted by atomic mass is 9.95. The molecular weight excluding hydrogens is 409 g/mol. The van der Waals surface area contributed by atoms with Crippen molar-refractivity contribution in [1.29, 1.82) is 0 Å². The number of likely N-dealkylation sites (tertiary alicyclic amines) is 1. The predicted molar refractivity (Wildman–Crippen MR) is 112 cm³/mol. The second-order valence-electron chi connectivity index (χ2n) is 7.73. The van der Waals surface area contributed by atoms with Crippen molar-refractivity contribution in [1.82, 2.24) is 9.80 Å². The topological polar surface area (TPSA) is 49.9 Å². The summed E-state index contributed by atoms with van der Waals surface area (Å²) in [6, 6.07) is 10.9. The van der Waals surface area contributed by atoms with Crippen molar-refractivity contribution in [2.45, 2.75) is 32.4 Å². The first kappa shape index (κ1) is 22.9. The van der Waals surface area contributed by atoms with Crippen LogP contribution < -0.4 is 4.74 Å². The van der Waals surface area contributed by atoms with Crippen molar-refractivity contribution in [2.75, 3.05) is 33.3 Å². The highest BCUT2D eigenvalue weighted by Crippen LogP contribution is 2.30. The number of halogens is 3. The highest BCUT2D eigenvalue weighted by atomic mass is 19.4.